The number of nitrogens with one attached hydrogen (secondary N) is 2. The van der Waals surface area contributed by atoms with Crippen LogP contribution in [0.4, 0.5) is 11.5 Å². The first-order chi connectivity index (χ1) is 17.8. The zero-order valence-electron chi connectivity index (χ0n) is 21.8. The molecule has 0 aliphatic rings. The number of aliphatic carboxylic acids is 1. The number of hydrogen-bond acceptors (Lipinski definition) is 8. The number of benzene rings is 2. The number of carbonyl (C=O) groups is 2. The molecule has 0 aliphatic carbocycles. The highest BCUT2D eigenvalue weighted by molar-refractivity contribution is 5.93. The van der Waals surface area contributed by atoms with Gasteiger partial charge in [-0.1, -0.05) is 26.0 Å². The molecular formula is C27H35N5O5. The van der Waals surface area contributed by atoms with Crippen LogP contribution in [-0.2, 0) is 16.0 Å². The van der Waals surface area contributed by atoms with Crippen LogP contribution in [0.2, 0.25) is 0 Å². The maximum atomic E-state index is 11.4. The highest BCUT2D eigenvalue weighted by atomic mass is 16.5. The fourth-order valence-electron chi connectivity index (χ4n) is 3.99. The molecule has 1 unspecified atom stereocenters. The number of anilines is 2. The molecule has 2 aromatic carbocycles. The standard InChI is InChI=1S/C27H35N5O5/c1-5-32(6-2)12-7-13-37-25-15-21-22(16-24(25)36-4)28-17-29-26(21)31-20-10-8-19(9-11-20)14-23(27(34)35)30-18(3)33/h8-11,15-17,23H,5-7,12-14H2,1-4H3,(H,30,33)(H,34,35)(H,28,29,31). The van der Waals surface area contributed by atoms with Crippen LogP contribution >= 0.6 is 0 Å². The highest BCUT2D eigenvalue weighted by Crippen LogP contribution is 2.34. The number of fused-ring (bicyclic) bond motifs is 1. The monoisotopic (exact) mass is 509 g/mol. The van der Waals surface area contributed by atoms with E-state index in [0.29, 0.717) is 29.4 Å². The van der Waals surface area contributed by atoms with Gasteiger partial charge in [-0.3, -0.25) is 4.79 Å². The Balaban J connectivity index is 1.75. The molecule has 1 heterocycles. The lowest BCUT2D eigenvalue weighted by molar-refractivity contribution is -0.141. The summed E-state index contributed by atoms with van der Waals surface area (Å²) in [7, 11) is 1.60. The van der Waals surface area contributed by atoms with E-state index in [-0.39, 0.29) is 12.3 Å². The number of hydrogen-bond donors (Lipinski definition) is 3. The molecule has 3 rings (SSSR count). The van der Waals surface area contributed by atoms with Crippen molar-refractivity contribution in [3.63, 3.8) is 0 Å². The molecule has 0 fully saturated rings. The number of nitrogens with zero attached hydrogens (tertiary/aromatic N) is 3. The Kier molecular flexibility index (Phi) is 10.0. The molecule has 1 amide bonds. The van der Waals surface area contributed by atoms with E-state index in [0.717, 1.165) is 42.7 Å². The van der Waals surface area contributed by atoms with E-state index in [9.17, 15) is 14.7 Å². The number of carboxylic acids is 1. The molecule has 3 aromatic rings. The lowest BCUT2D eigenvalue weighted by Gasteiger charge is -2.18. The topological polar surface area (TPSA) is 126 Å². The minimum absolute atomic E-state index is 0.181. The highest BCUT2D eigenvalue weighted by Gasteiger charge is 2.19. The van der Waals surface area contributed by atoms with Crippen LogP contribution < -0.4 is 20.1 Å². The molecule has 0 spiro atoms. The minimum atomic E-state index is -1.08. The summed E-state index contributed by atoms with van der Waals surface area (Å²) in [5, 5.41) is 15.9. The van der Waals surface area contributed by atoms with Crippen molar-refractivity contribution in [3.8, 4) is 11.5 Å². The Bertz CT molecular complexity index is 1200. The van der Waals surface area contributed by atoms with Crippen LogP contribution in [0.25, 0.3) is 10.9 Å². The third-order valence-corrected chi connectivity index (χ3v) is 6.02. The summed E-state index contributed by atoms with van der Waals surface area (Å²) in [5.41, 5.74) is 2.26. The van der Waals surface area contributed by atoms with Gasteiger partial charge in [0.15, 0.2) is 11.5 Å². The average molecular weight is 510 g/mol. The average Bonchev–Trinajstić information content (AvgIpc) is 2.89. The maximum Gasteiger partial charge on any atom is 0.326 e. The summed E-state index contributed by atoms with van der Waals surface area (Å²) < 4.78 is 11.6. The van der Waals surface area contributed by atoms with Crippen molar-refractivity contribution in [1.82, 2.24) is 20.2 Å². The first-order valence-electron chi connectivity index (χ1n) is 12.4. The number of amides is 1. The van der Waals surface area contributed by atoms with Crippen LogP contribution in [0.3, 0.4) is 0 Å². The summed E-state index contributed by atoms with van der Waals surface area (Å²) in [4.78, 5) is 33.9. The van der Waals surface area contributed by atoms with Gasteiger partial charge in [-0.05, 0) is 43.3 Å². The van der Waals surface area contributed by atoms with Crippen molar-refractivity contribution in [2.75, 3.05) is 38.7 Å². The van der Waals surface area contributed by atoms with Gasteiger partial charge in [-0.25, -0.2) is 14.8 Å². The fraction of sp³-hybridized carbons (Fsp3) is 0.407. The van der Waals surface area contributed by atoms with Crippen molar-refractivity contribution in [2.24, 2.45) is 0 Å². The Morgan fingerprint density at radius 2 is 1.81 bits per heavy atom. The minimum Gasteiger partial charge on any atom is -0.493 e. The van der Waals surface area contributed by atoms with Crippen LogP contribution in [0.5, 0.6) is 11.5 Å². The molecule has 0 radical (unpaired) electrons. The summed E-state index contributed by atoms with van der Waals surface area (Å²) in [5.74, 6) is 0.378. The molecule has 10 heteroatoms. The second-order valence-electron chi connectivity index (χ2n) is 8.59. The van der Waals surface area contributed by atoms with Gasteiger partial charge in [0.2, 0.25) is 5.91 Å². The van der Waals surface area contributed by atoms with Gasteiger partial charge in [0.25, 0.3) is 0 Å². The van der Waals surface area contributed by atoms with Crippen molar-refractivity contribution in [3.05, 3.63) is 48.3 Å². The van der Waals surface area contributed by atoms with E-state index < -0.39 is 12.0 Å². The van der Waals surface area contributed by atoms with E-state index in [1.165, 1.54) is 13.3 Å². The van der Waals surface area contributed by atoms with Gasteiger partial charge >= 0.3 is 5.97 Å². The zero-order valence-corrected chi connectivity index (χ0v) is 21.8. The first-order valence-corrected chi connectivity index (χ1v) is 12.4. The molecule has 37 heavy (non-hydrogen) atoms. The van der Waals surface area contributed by atoms with E-state index in [4.69, 9.17) is 9.47 Å². The predicted molar refractivity (Wildman–Crippen MR) is 143 cm³/mol. The number of carbonyl (C=O) groups excluding carboxylic acids is 1. The van der Waals surface area contributed by atoms with Gasteiger partial charge in [0, 0.05) is 37.0 Å². The van der Waals surface area contributed by atoms with Crippen molar-refractivity contribution >= 4 is 34.3 Å². The largest absolute Gasteiger partial charge is 0.493 e. The SMILES string of the molecule is CCN(CC)CCCOc1cc2c(Nc3ccc(CC(NC(C)=O)C(=O)O)cc3)ncnc2cc1OC. The maximum absolute atomic E-state index is 11.4. The Hall–Kier alpha value is -3.92. The van der Waals surface area contributed by atoms with Gasteiger partial charge in [-0.15, -0.1) is 0 Å². The number of rotatable bonds is 14. The number of aromatic nitrogens is 2. The van der Waals surface area contributed by atoms with Gasteiger partial charge < -0.3 is 30.1 Å². The third-order valence-electron chi connectivity index (χ3n) is 6.02. The van der Waals surface area contributed by atoms with Crippen LogP contribution in [0.15, 0.2) is 42.7 Å². The Labute approximate surface area is 217 Å². The molecule has 1 aromatic heterocycles. The predicted octanol–water partition coefficient (Wildman–Crippen LogP) is 3.62. The van der Waals surface area contributed by atoms with Crippen molar-refractivity contribution in [2.45, 2.75) is 39.7 Å². The van der Waals surface area contributed by atoms with E-state index in [1.807, 2.05) is 36.4 Å². The van der Waals surface area contributed by atoms with Crippen molar-refractivity contribution in [1.29, 1.82) is 0 Å². The number of methoxy groups -OCH3 is 1. The summed E-state index contributed by atoms with van der Waals surface area (Å²) in [6.07, 6.45) is 2.56. The van der Waals surface area contributed by atoms with Crippen molar-refractivity contribution < 1.29 is 24.2 Å². The van der Waals surface area contributed by atoms with Crippen LogP contribution in [0, 0.1) is 0 Å². The molecule has 0 saturated heterocycles. The van der Waals surface area contributed by atoms with E-state index in [1.54, 1.807) is 7.11 Å². The van der Waals surface area contributed by atoms with E-state index >= 15 is 0 Å². The third kappa shape index (κ3) is 7.78. The molecule has 10 nitrogen and oxygen atoms in total. The van der Waals surface area contributed by atoms with Gasteiger partial charge in [-0.2, -0.15) is 0 Å². The molecule has 3 N–H and O–H groups in total. The number of carboxylic acid groups (broad SMARTS) is 1. The zero-order chi connectivity index (χ0) is 26.8. The Morgan fingerprint density at radius 1 is 1.08 bits per heavy atom. The quantitative estimate of drug-likeness (QED) is 0.279. The Morgan fingerprint density at radius 3 is 2.43 bits per heavy atom. The lowest BCUT2D eigenvalue weighted by atomic mass is 10.1. The molecule has 0 bridgehead atoms. The number of ether oxygens (including phenoxy) is 2. The summed E-state index contributed by atoms with van der Waals surface area (Å²) >= 11 is 0. The lowest BCUT2D eigenvalue weighted by Crippen LogP contribution is -2.41. The summed E-state index contributed by atoms with van der Waals surface area (Å²) in [6.45, 7) is 9.15. The molecule has 0 saturated carbocycles. The normalized spacial score (nSPS) is 11.8. The molecular weight excluding hydrogens is 474 g/mol. The summed E-state index contributed by atoms with van der Waals surface area (Å²) in [6, 6.07) is 10.0. The molecule has 198 valence electrons. The second-order valence-corrected chi connectivity index (χ2v) is 8.59. The molecule has 1 atom stereocenters. The molecule has 0 aliphatic heterocycles. The van der Waals surface area contributed by atoms with Crippen LogP contribution in [-0.4, -0.2) is 71.2 Å². The first kappa shape index (κ1) is 27.7. The smallest absolute Gasteiger partial charge is 0.326 e. The second kappa shape index (κ2) is 13.4. The fourth-order valence-corrected chi connectivity index (χ4v) is 3.99. The van der Waals surface area contributed by atoms with Gasteiger partial charge in [0.1, 0.15) is 18.2 Å². The van der Waals surface area contributed by atoms with E-state index in [2.05, 4.69) is 39.3 Å². The van der Waals surface area contributed by atoms with Gasteiger partial charge in [0.05, 0.1) is 19.2 Å². The van der Waals surface area contributed by atoms with Crippen LogP contribution in [0.1, 0.15) is 32.8 Å².